The van der Waals surface area contributed by atoms with Crippen molar-refractivity contribution in [3.05, 3.63) is 29.6 Å². The molecule has 0 unspecified atom stereocenters. The first kappa shape index (κ1) is 14.4. The van der Waals surface area contributed by atoms with Gasteiger partial charge in [-0.15, -0.1) is 0 Å². The van der Waals surface area contributed by atoms with Gasteiger partial charge in [-0.3, -0.25) is 4.72 Å². The molecule has 7 heteroatoms. The van der Waals surface area contributed by atoms with Crippen LogP contribution in [0.1, 0.15) is 12.5 Å². The van der Waals surface area contributed by atoms with Crippen molar-refractivity contribution >= 4 is 15.9 Å². The molecular formula is C11H13FN2O3S. The van der Waals surface area contributed by atoms with E-state index in [4.69, 9.17) is 5.11 Å². The fourth-order valence-corrected chi connectivity index (χ4v) is 2.09. The van der Waals surface area contributed by atoms with Gasteiger partial charge in [0.05, 0.1) is 11.3 Å². The first-order valence-electron chi connectivity index (χ1n) is 5.15. The van der Waals surface area contributed by atoms with Gasteiger partial charge in [-0.2, -0.15) is 13.1 Å². The number of rotatable bonds is 4. The van der Waals surface area contributed by atoms with E-state index in [2.05, 4.69) is 21.3 Å². The highest BCUT2D eigenvalue weighted by molar-refractivity contribution is 7.90. The van der Waals surface area contributed by atoms with Gasteiger partial charge in [0, 0.05) is 6.54 Å². The van der Waals surface area contributed by atoms with E-state index in [1.165, 1.54) is 12.1 Å². The Morgan fingerprint density at radius 3 is 2.72 bits per heavy atom. The number of anilines is 1. The van der Waals surface area contributed by atoms with Crippen LogP contribution in [0.3, 0.4) is 0 Å². The molecule has 0 bridgehead atoms. The van der Waals surface area contributed by atoms with Gasteiger partial charge in [0.15, 0.2) is 0 Å². The number of benzene rings is 1. The van der Waals surface area contributed by atoms with Crippen LogP contribution < -0.4 is 9.44 Å². The summed E-state index contributed by atoms with van der Waals surface area (Å²) in [5.41, 5.74) is 0.193. The lowest BCUT2D eigenvalue weighted by Crippen LogP contribution is -2.29. The molecule has 0 atom stereocenters. The lowest BCUT2D eigenvalue weighted by Gasteiger charge is -2.08. The van der Waals surface area contributed by atoms with E-state index >= 15 is 0 Å². The second-order valence-electron chi connectivity index (χ2n) is 3.26. The van der Waals surface area contributed by atoms with Gasteiger partial charge < -0.3 is 5.11 Å². The number of halogens is 1. The van der Waals surface area contributed by atoms with Crippen LogP contribution in [-0.4, -0.2) is 26.7 Å². The van der Waals surface area contributed by atoms with Crippen molar-refractivity contribution in [2.45, 2.75) is 6.92 Å². The maximum atomic E-state index is 13.5. The van der Waals surface area contributed by atoms with Crippen LogP contribution in [0.2, 0.25) is 0 Å². The highest BCUT2D eigenvalue weighted by Gasteiger charge is 2.09. The zero-order valence-corrected chi connectivity index (χ0v) is 10.5. The third-order valence-electron chi connectivity index (χ3n) is 1.86. The van der Waals surface area contributed by atoms with Crippen molar-refractivity contribution in [3.63, 3.8) is 0 Å². The van der Waals surface area contributed by atoms with Crippen molar-refractivity contribution in [1.29, 1.82) is 0 Å². The minimum atomic E-state index is -3.67. The highest BCUT2D eigenvalue weighted by Crippen LogP contribution is 2.14. The van der Waals surface area contributed by atoms with E-state index in [-0.39, 0.29) is 24.4 Å². The molecule has 0 aliphatic heterocycles. The van der Waals surface area contributed by atoms with Crippen LogP contribution in [0, 0.1) is 17.7 Å². The predicted octanol–water partition coefficient (Wildman–Crippen LogP) is 0.436. The number of aliphatic hydroxyl groups excluding tert-OH is 1. The molecule has 3 N–H and O–H groups in total. The summed E-state index contributed by atoms with van der Waals surface area (Å²) in [6.07, 6.45) is 0. The monoisotopic (exact) mass is 272 g/mol. The van der Waals surface area contributed by atoms with Crippen molar-refractivity contribution in [2.75, 3.05) is 17.9 Å². The van der Waals surface area contributed by atoms with Crippen LogP contribution in [-0.2, 0) is 10.2 Å². The molecule has 0 amide bonds. The first-order chi connectivity index (χ1) is 8.48. The van der Waals surface area contributed by atoms with Crippen molar-refractivity contribution in [3.8, 4) is 11.8 Å². The third kappa shape index (κ3) is 4.33. The molecule has 0 aromatic heterocycles. The predicted molar refractivity (Wildman–Crippen MR) is 66.6 cm³/mol. The average Bonchev–Trinajstić information content (AvgIpc) is 2.27. The van der Waals surface area contributed by atoms with Crippen molar-refractivity contribution < 1.29 is 17.9 Å². The van der Waals surface area contributed by atoms with Crippen LogP contribution in [0.4, 0.5) is 10.1 Å². The van der Waals surface area contributed by atoms with Gasteiger partial charge in [-0.05, 0) is 18.2 Å². The van der Waals surface area contributed by atoms with Gasteiger partial charge >= 0.3 is 0 Å². The molecule has 0 saturated carbocycles. The topological polar surface area (TPSA) is 78.4 Å². The summed E-state index contributed by atoms with van der Waals surface area (Å²) in [5.74, 6) is 4.06. The van der Waals surface area contributed by atoms with Crippen LogP contribution in [0.25, 0.3) is 0 Å². The Balaban J connectivity index is 2.92. The normalized spacial score (nSPS) is 10.6. The molecular weight excluding hydrogens is 259 g/mol. The number of nitrogens with one attached hydrogen (secondary N) is 2. The maximum Gasteiger partial charge on any atom is 0.299 e. The van der Waals surface area contributed by atoms with E-state index in [9.17, 15) is 12.8 Å². The van der Waals surface area contributed by atoms with Crippen LogP contribution >= 0.6 is 0 Å². The molecule has 0 heterocycles. The Hall–Kier alpha value is -1.62. The number of hydrogen-bond acceptors (Lipinski definition) is 3. The number of hydrogen-bond donors (Lipinski definition) is 3. The fraction of sp³-hybridized carbons (Fsp3) is 0.273. The second-order valence-corrected chi connectivity index (χ2v) is 4.76. The molecule has 1 aromatic carbocycles. The van der Waals surface area contributed by atoms with E-state index in [0.717, 1.165) is 6.07 Å². The Morgan fingerprint density at radius 2 is 2.17 bits per heavy atom. The Kier molecular flexibility index (Phi) is 5.09. The fourth-order valence-electron chi connectivity index (χ4n) is 1.20. The first-order valence-corrected chi connectivity index (χ1v) is 6.63. The molecule has 98 valence electrons. The van der Waals surface area contributed by atoms with Crippen LogP contribution in [0.5, 0.6) is 0 Å². The molecule has 18 heavy (non-hydrogen) atoms. The largest absolute Gasteiger partial charge is 0.384 e. The second kappa shape index (κ2) is 6.35. The SMILES string of the molecule is CCNS(=O)(=O)Nc1ccc(C#CCO)c(F)c1. The lowest BCUT2D eigenvalue weighted by atomic mass is 10.2. The molecule has 0 radical (unpaired) electrons. The Labute approximate surface area is 105 Å². The summed E-state index contributed by atoms with van der Waals surface area (Å²) in [6, 6.07) is 3.75. The van der Waals surface area contributed by atoms with Crippen LogP contribution in [0.15, 0.2) is 18.2 Å². The molecule has 5 nitrogen and oxygen atoms in total. The molecule has 1 rings (SSSR count). The summed E-state index contributed by atoms with van der Waals surface area (Å²) in [7, 11) is -3.67. The van der Waals surface area contributed by atoms with Crippen molar-refractivity contribution in [2.24, 2.45) is 0 Å². The van der Waals surface area contributed by atoms with Gasteiger partial charge in [0.1, 0.15) is 12.4 Å². The van der Waals surface area contributed by atoms with E-state index < -0.39 is 16.0 Å². The minimum Gasteiger partial charge on any atom is -0.384 e. The highest BCUT2D eigenvalue weighted by atomic mass is 32.2. The minimum absolute atomic E-state index is 0.0930. The standard InChI is InChI=1S/C11H13FN2O3S/c1-2-13-18(16,17)14-10-6-5-9(4-3-7-15)11(12)8-10/h5-6,8,13-15H,2,7H2,1H3. The molecule has 0 aliphatic carbocycles. The summed E-state index contributed by atoms with van der Waals surface area (Å²) < 4.78 is 40.6. The van der Waals surface area contributed by atoms with Gasteiger partial charge in [0.25, 0.3) is 10.2 Å². The van der Waals surface area contributed by atoms with E-state index in [1.807, 2.05) is 0 Å². The quantitative estimate of drug-likeness (QED) is 0.696. The van der Waals surface area contributed by atoms with Gasteiger partial charge in [0.2, 0.25) is 0 Å². The molecule has 1 aromatic rings. The van der Waals surface area contributed by atoms with Crippen molar-refractivity contribution in [1.82, 2.24) is 4.72 Å². The maximum absolute atomic E-state index is 13.5. The molecule has 0 spiro atoms. The zero-order valence-electron chi connectivity index (χ0n) is 9.70. The Morgan fingerprint density at radius 1 is 1.44 bits per heavy atom. The molecule has 0 fully saturated rings. The van der Waals surface area contributed by atoms with E-state index in [0.29, 0.717) is 0 Å². The van der Waals surface area contributed by atoms with Gasteiger partial charge in [-0.25, -0.2) is 4.39 Å². The third-order valence-corrected chi connectivity index (χ3v) is 3.03. The Bertz CT molecular complexity index is 576. The zero-order chi connectivity index (χ0) is 13.6. The smallest absolute Gasteiger partial charge is 0.299 e. The van der Waals surface area contributed by atoms with E-state index in [1.54, 1.807) is 6.92 Å². The molecule has 0 aliphatic rings. The summed E-state index contributed by atoms with van der Waals surface area (Å²) >= 11 is 0. The summed E-state index contributed by atoms with van der Waals surface area (Å²) in [4.78, 5) is 0. The summed E-state index contributed by atoms with van der Waals surface area (Å²) in [5, 5.41) is 8.49. The average molecular weight is 272 g/mol. The lowest BCUT2D eigenvalue weighted by molar-refractivity contribution is 0.350. The summed E-state index contributed by atoms with van der Waals surface area (Å²) in [6.45, 7) is 1.50. The van der Waals surface area contributed by atoms with Gasteiger partial charge in [-0.1, -0.05) is 18.8 Å². The number of aliphatic hydroxyl groups is 1. The molecule has 0 saturated heterocycles.